The minimum absolute atomic E-state index is 0.0529. The number of methoxy groups -OCH3 is 1. The third kappa shape index (κ3) is 4.43. The number of anilines is 1. The minimum atomic E-state index is -3.42. The highest BCUT2D eigenvalue weighted by Crippen LogP contribution is 2.36. The van der Waals surface area contributed by atoms with Crippen LogP contribution in [0.3, 0.4) is 0 Å². The molecule has 3 heterocycles. The predicted octanol–water partition coefficient (Wildman–Crippen LogP) is -0.653. The Bertz CT molecular complexity index is 1020. The van der Waals surface area contributed by atoms with Crippen molar-refractivity contribution in [2.75, 3.05) is 25.6 Å². The molecule has 2 aromatic heterocycles. The molecule has 3 rings (SSSR count). The molecular weight excluding hydrogens is 404 g/mol. The van der Waals surface area contributed by atoms with Gasteiger partial charge in [0.25, 0.3) is 5.56 Å². The highest BCUT2D eigenvalue weighted by atomic mass is 32.2. The number of hydrogen-bond donors (Lipinski definition) is 3. The second-order valence-electron chi connectivity index (χ2n) is 7.00. The molecule has 0 amide bonds. The number of aromatic amines is 1. The van der Waals surface area contributed by atoms with Crippen molar-refractivity contribution in [1.29, 1.82) is 0 Å². The highest BCUT2D eigenvalue weighted by molar-refractivity contribution is 7.89. The van der Waals surface area contributed by atoms with Crippen LogP contribution < -0.4 is 16.0 Å². The Labute approximate surface area is 167 Å². The van der Waals surface area contributed by atoms with Crippen molar-refractivity contribution >= 4 is 27.1 Å². The SMILES string of the molecule is CNS(=O)(=O)CCC1O[C@@H](n2cnc3c(=O)[nH]c(N)nc32)[C@H](OC)[C@@H]1OC(C)C. The van der Waals surface area contributed by atoms with E-state index in [1.165, 1.54) is 20.5 Å². The Morgan fingerprint density at radius 1 is 1.41 bits per heavy atom. The number of rotatable bonds is 8. The Balaban J connectivity index is 1.97. The monoisotopic (exact) mass is 430 g/mol. The van der Waals surface area contributed by atoms with Gasteiger partial charge in [0.15, 0.2) is 17.4 Å². The van der Waals surface area contributed by atoms with Crippen LogP contribution in [0.4, 0.5) is 5.95 Å². The lowest BCUT2D eigenvalue weighted by molar-refractivity contribution is -0.0785. The standard InChI is InChI=1S/C16H26N6O6S/c1-8(2)27-11-9(5-6-29(24,25)18-3)28-15(12(11)26-4)22-7-19-10-13(22)20-16(17)21-14(10)23/h7-9,11-12,15,18H,5-6H2,1-4H3,(H3,17,20,21,23)/t9?,11-,12-,15-/m1/s1. The van der Waals surface area contributed by atoms with Crippen LogP contribution in [0.5, 0.6) is 0 Å². The quantitative estimate of drug-likeness (QED) is 0.493. The van der Waals surface area contributed by atoms with Gasteiger partial charge in [0.2, 0.25) is 16.0 Å². The maximum absolute atomic E-state index is 12.1. The molecule has 1 aliphatic rings. The van der Waals surface area contributed by atoms with Crippen molar-refractivity contribution in [3.8, 4) is 0 Å². The van der Waals surface area contributed by atoms with Crippen molar-refractivity contribution in [3.05, 3.63) is 16.7 Å². The molecule has 13 heteroatoms. The maximum Gasteiger partial charge on any atom is 0.280 e. The Hall–Kier alpha value is -2.06. The molecule has 0 saturated carbocycles. The van der Waals surface area contributed by atoms with Crippen LogP contribution >= 0.6 is 0 Å². The van der Waals surface area contributed by atoms with Crippen LogP contribution in [0.2, 0.25) is 0 Å². The normalized spacial score (nSPS) is 25.3. The van der Waals surface area contributed by atoms with Crippen LogP contribution in [0, 0.1) is 0 Å². The molecule has 4 atom stereocenters. The summed E-state index contributed by atoms with van der Waals surface area (Å²) in [5.41, 5.74) is 5.56. The number of ether oxygens (including phenoxy) is 3. The Morgan fingerprint density at radius 2 is 2.14 bits per heavy atom. The molecule has 0 spiro atoms. The van der Waals surface area contributed by atoms with E-state index in [-0.39, 0.29) is 35.4 Å². The van der Waals surface area contributed by atoms with Gasteiger partial charge < -0.3 is 19.9 Å². The van der Waals surface area contributed by atoms with Gasteiger partial charge in [0.05, 0.1) is 24.3 Å². The number of imidazole rings is 1. The number of nitrogens with two attached hydrogens (primary N) is 1. The van der Waals surface area contributed by atoms with Crippen molar-refractivity contribution in [2.24, 2.45) is 0 Å². The Kier molecular flexibility index (Phi) is 6.24. The number of nitrogens with zero attached hydrogens (tertiary/aromatic N) is 3. The first-order valence-corrected chi connectivity index (χ1v) is 10.8. The summed E-state index contributed by atoms with van der Waals surface area (Å²) < 4.78 is 45.4. The van der Waals surface area contributed by atoms with Crippen molar-refractivity contribution in [1.82, 2.24) is 24.2 Å². The fourth-order valence-corrected chi connectivity index (χ4v) is 4.14. The second kappa shape index (κ2) is 8.36. The summed E-state index contributed by atoms with van der Waals surface area (Å²) in [7, 11) is -0.548. The summed E-state index contributed by atoms with van der Waals surface area (Å²) in [4.78, 5) is 22.7. The lowest BCUT2D eigenvalue weighted by Gasteiger charge is -2.25. The second-order valence-corrected chi connectivity index (χ2v) is 9.05. The van der Waals surface area contributed by atoms with Gasteiger partial charge in [-0.25, -0.2) is 18.1 Å². The van der Waals surface area contributed by atoms with E-state index >= 15 is 0 Å². The molecule has 12 nitrogen and oxygen atoms in total. The molecule has 0 bridgehead atoms. The summed E-state index contributed by atoms with van der Waals surface area (Å²) in [6, 6.07) is 0. The van der Waals surface area contributed by atoms with E-state index in [1.54, 1.807) is 4.57 Å². The van der Waals surface area contributed by atoms with E-state index in [0.29, 0.717) is 0 Å². The first-order chi connectivity index (χ1) is 13.7. The third-order valence-electron chi connectivity index (χ3n) is 4.69. The van der Waals surface area contributed by atoms with Gasteiger partial charge in [-0.05, 0) is 27.3 Å². The smallest absolute Gasteiger partial charge is 0.280 e. The Morgan fingerprint density at radius 3 is 2.76 bits per heavy atom. The fraction of sp³-hybridized carbons (Fsp3) is 0.688. The van der Waals surface area contributed by atoms with Gasteiger partial charge in [0, 0.05) is 7.11 Å². The summed E-state index contributed by atoms with van der Waals surface area (Å²) in [6.45, 7) is 3.74. The largest absolute Gasteiger partial charge is 0.374 e. The van der Waals surface area contributed by atoms with Crippen LogP contribution in [0.25, 0.3) is 11.2 Å². The van der Waals surface area contributed by atoms with E-state index in [2.05, 4.69) is 19.7 Å². The average Bonchev–Trinajstić information content (AvgIpc) is 3.20. The van der Waals surface area contributed by atoms with Crippen LogP contribution in [-0.2, 0) is 24.2 Å². The highest BCUT2D eigenvalue weighted by Gasteiger charge is 2.47. The molecule has 1 fully saturated rings. The number of nitrogens with one attached hydrogen (secondary N) is 2. The molecule has 1 unspecified atom stereocenters. The zero-order chi connectivity index (χ0) is 21.3. The van der Waals surface area contributed by atoms with Gasteiger partial charge in [-0.2, -0.15) is 4.98 Å². The number of hydrogen-bond acceptors (Lipinski definition) is 9. The molecular formula is C16H26N6O6S. The number of aromatic nitrogens is 4. The topological polar surface area (TPSA) is 163 Å². The van der Waals surface area contributed by atoms with Gasteiger partial charge in [-0.15, -0.1) is 0 Å². The molecule has 0 aromatic carbocycles. The average molecular weight is 430 g/mol. The van der Waals surface area contributed by atoms with Gasteiger partial charge in [-0.1, -0.05) is 0 Å². The molecule has 2 aromatic rings. The van der Waals surface area contributed by atoms with Gasteiger partial charge in [0.1, 0.15) is 12.2 Å². The fourth-order valence-electron chi connectivity index (χ4n) is 3.40. The van der Waals surface area contributed by atoms with Gasteiger partial charge in [-0.3, -0.25) is 14.3 Å². The maximum atomic E-state index is 12.1. The molecule has 162 valence electrons. The van der Waals surface area contributed by atoms with Crippen LogP contribution in [0.15, 0.2) is 11.1 Å². The summed E-state index contributed by atoms with van der Waals surface area (Å²) in [5.74, 6) is -0.187. The van der Waals surface area contributed by atoms with Crippen LogP contribution in [-0.4, -0.2) is 72.3 Å². The molecule has 0 radical (unpaired) electrons. The molecule has 29 heavy (non-hydrogen) atoms. The molecule has 0 aliphatic carbocycles. The number of nitrogen functional groups attached to an aromatic ring is 1. The zero-order valence-electron chi connectivity index (χ0n) is 16.7. The van der Waals surface area contributed by atoms with E-state index in [9.17, 15) is 13.2 Å². The van der Waals surface area contributed by atoms with E-state index in [0.717, 1.165) is 0 Å². The summed E-state index contributed by atoms with van der Waals surface area (Å²) in [5, 5.41) is 0. The zero-order valence-corrected chi connectivity index (χ0v) is 17.5. The van der Waals surface area contributed by atoms with Crippen molar-refractivity contribution in [2.45, 2.75) is 50.9 Å². The number of sulfonamides is 1. The lowest BCUT2D eigenvalue weighted by Crippen LogP contribution is -2.38. The molecule has 1 saturated heterocycles. The number of fused-ring (bicyclic) bond motifs is 1. The molecule has 1 aliphatic heterocycles. The first kappa shape index (κ1) is 21.6. The summed E-state index contributed by atoms with van der Waals surface area (Å²) in [6.07, 6.45) is -0.938. The predicted molar refractivity (Wildman–Crippen MR) is 105 cm³/mol. The minimum Gasteiger partial charge on any atom is -0.374 e. The van der Waals surface area contributed by atoms with E-state index in [4.69, 9.17) is 19.9 Å². The first-order valence-electron chi connectivity index (χ1n) is 9.14. The van der Waals surface area contributed by atoms with Crippen LogP contribution in [0.1, 0.15) is 26.5 Å². The van der Waals surface area contributed by atoms with Crippen molar-refractivity contribution < 1.29 is 22.6 Å². The van der Waals surface area contributed by atoms with Crippen molar-refractivity contribution in [3.63, 3.8) is 0 Å². The molecule has 4 N–H and O–H groups in total. The van der Waals surface area contributed by atoms with Gasteiger partial charge >= 0.3 is 0 Å². The number of H-pyrrole nitrogens is 1. The third-order valence-corrected chi connectivity index (χ3v) is 6.09. The van der Waals surface area contributed by atoms with E-state index < -0.39 is 40.1 Å². The summed E-state index contributed by atoms with van der Waals surface area (Å²) >= 11 is 0. The van der Waals surface area contributed by atoms with E-state index in [1.807, 2.05) is 13.8 Å². The lowest BCUT2D eigenvalue weighted by atomic mass is 10.1.